The Morgan fingerprint density at radius 1 is 1.44 bits per heavy atom. The Hall–Kier alpha value is -2.04. The molecule has 1 aromatic rings. The Labute approximate surface area is 105 Å². The van der Waals surface area contributed by atoms with Gasteiger partial charge in [-0.1, -0.05) is 0 Å². The zero-order chi connectivity index (χ0) is 13.3. The van der Waals surface area contributed by atoms with E-state index < -0.39 is 11.4 Å². The summed E-state index contributed by atoms with van der Waals surface area (Å²) < 4.78 is 0. The minimum Gasteiger partial charge on any atom is -0.481 e. The summed E-state index contributed by atoms with van der Waals surface area (Å²) in [5.74, 6) is -0.846. The lowest BCUT2D eigenvalue weighted by molar-refractivity contribution is -0.136. The predicted molar refractivity (Wildman–Crippen MR) is 68.8 cm³/mol. The normalized spacial score (nSPS) is 16.0. The van der Waals surface area contributed by atoms with Crippen molar-refractivity contribution in [2.45, 2.75) is 25.7 Å². The molecule has 5 nitrogen and oxygen atoms in total. The van der Waals surface area contributed by atoms with Crippen molar-refractivity contribution < 1.29 is 14.7 Å². The second-order valence-electron chi connectivity index (χ2n) is 4.91. The van der Waals surface area contributed by atoms with Gasteiger partial charge in [-0.05, 0) is 37.6 Å². The monoisotopic (exact) mass is 248 g/mol. The fourth-order valence-electron chi connectivity index (χ4n) is 1.99. The van der Waals surface area contributed by atoms with Crippen molar-refractivity contribution in [3.63, 3.8) is 0 Å². The number of carboxylic acid groups (broad SMARTS) is 1. The van der Waals surface area contributed by atoms with Crippen LogP contribution in [0.2, 0.25) is 0 Å². The number of nitrogens with one attached hydrogen (secondary N) is 2. The first-order chi connectivity index (χ1) is 8.41. The molecule has 1 aliphatic rings. The van der Waals surface area contributed by atoms with Crippen molar-refractivity contribution in [3.8, 4) is 0 Å². The fourth-order valence-corrected chi connectivity index (χ4v) is 1.99. The average Bonchev–Trinajstić information content (AvgIpc) is 2.51. The molecule has 1 amide bonds. The van der Waals surface area contributed by atoms with Crippen molar-refractivity contribution in [1.82, 2.24) is 0 Å². The first kappa shape index (κ1) is 12.4. The van der Waals surface area contributed by atoms with E-state index in [1.165, 1.54) is 0 Å². The molecule has 5 heteroatoms. The largest absolute Gasteiger partial charge is 0.481 e. The van der Waals surface area contributed by atoms with Gasteiger partial charge in [0.05, 0.1) is 11.8 Å². The van der Waals surface area contributed by atoms with Crippen LogP contribution in [0.25, 0.3) is 0 Å². The number of amides is 1. The van der Waals surface area contributed by atoms with Gasteiger partial charge >= 0.3 is 5.97 Å². The van der Waals surface area contributed by atoms with Gasteiger partial charge in [0.2, 0.25) is 5.91 Å². The van der Waals surface area contributed by atoms with Gasteiger partial charge < -0.3 is 15.7 Å². The van der Waals surface area contributed by atoms with Crippen LogP contribution in [0.4, 0.5) is 11.4 Å². The molecule has 1 aliphatic heterocycles. The molecule has 3 N–H and O–H groups in total. The summed E-state index contributed by atoms with van der Waals surface area (Å²) in [6, 6.07) is 5.57. The topological polar surface area (TPSA) is 78.4 Å². The molecule has 0 aliphatic carbocycles. The quantitative estimate of drug-likeness (QED) is 0.759. The van der Waals surface area contributed by atoms with E-state index in [0.717, 1.165) is 16.9 Å². The lowest BCUT2D eigenvalue weighted by Gasteiger charge is -2.16. The summed E-state index contributed by atoms with van der Waals surface area (Å²) in [5, 5.41) is 14.4. The predicted octanol–water partition coefficient (Wildman–Crippen LogP) is 1.80. The van der Waals surface area contributed by atoms with Gasteiger partial charge in [0.1, 0.15) is 0 Å². The maximum Gasteiger partial charge on any atom is 0.305 e. The third-order valence-electron chi connectivity index (χ3n) is 3.18. The van der Waals surface area contributed by atoms with Crippen LogP contribution in [-0.4, -0.2) is 23.5 Å². The number of carboxylic acids is 1. The molecule has 0 spiro atoms. The van der Waals surface area contributed by atoms with Crippen LogP contribution in [0.1, 0.15) is 25.8 Å². The third kappa shape index (κ3) is 2.16. The average molecular weight is 248 g/mol. The molecule has 2 rings (SSSR count). The molecule has 0 fully saturated rings. The van der Waals surface area contributed by atoms with Gasteiger partial charge in [-0.3, -0.25) is 9.59 Å². The zero-order valence-corrected chi connectivity index (χ0v) is 10.4. The van der Waals surface area contributed by atoms with Gasteiger partial charge in [0, 0.05) is 17.9 Å². The molecule has 0 bridgehead atoms. The van der Waals surface area contributed by atoms with Crippen molar-refractivity contribution >= 4 is 23.3 Å². The van der Waals surface area contributed by atoms with Gasteiger partial charge in [-0.15, -0.1) is 0 Å². The Morgan fingerprint density at radius 3 is 2.83 bits per heavy atom. The molecule has 0 aromatic heterocycles. The van der Waals surface area contributed by atoms with E-state index in [4.69, 9.17) is 5.11 Å². The van der Waals surface area contributed by atoms with Gasteiger partial charge in [0.15, 0.2) is 0 Å². The van der Waals surface area contributed by atoms with Crippen molar-refractivity contribution in [3.05, 3.63) is 23.8 Å². The highest BCUT2D eigenvalue weighted by Gasteiger charge is 2.38. The van der Waals surface area contributed by atoms with Crippen molar-refractivity contribution in [2.75, 3.05) is 17.2 Å². The Balaban J connectivity index is 2.16. The highest BCUT2D eigenvalue weighted by Crippen LogP contribution is 2.38. The van der Waals surface area contributed by atoms with Gasteiger partial charge in [-0.2, -0.15) is 0 Å². The van der Waals surface area contributed by atoms with Gasteiger partial charge in [0.25, 0.3) is 0 Å². The summed E-state index contributed by atoms with van der Waals surface area (Å²) in [6.07, 6.45) is 0.0671. The smallest absolute Gasteiger partial charge is 0.305 e. The van der Waals surface area contributed by atoms with E-state index >= 15 is 0 Å². The molecular formula is C13H16N2O3. The molecule has 0 radical (unpaired) electrons. The van der Waals surface area contributed by atoms with E-state index in [1.807, 2.05) is 32.0 Å². The standard InChI is InChI=1S/C13H16N2O3/c1-13(2)9-7-8(14-6-5-11(16)17)3-4-10(9)15-12(13)18/h3-4,7,14H,5-6H2,1-2H3,(H,15,18)(H,16,17). The summed E-state index contributed by atoms with van der Waals surface area (Å²) in [7, 11) is 0. The number of anilines is 2. The summed E-state index contributed by atoms with van der Waals surface area (Å²) in [5.41, 5.74) is 2.06. The number of hydrogen-bond acceptors (Lipinski definition) is 3. The maximum atomic E-state index is 11.8. The van der Waals surface area contributed by atoms with E-state index in [0.29, 0.717) is 6.54 Å². The van der Waals surface area contributed by atoms with E-state index in [9.17, 15) is 9.59 Å². The summed E-state index contributed by atoms with van der Waals surface area (Å²) in [4.78, 5) is 22.2. The molecule has 1 heterocycles. The second-order valence-corrected chi connectivity index (χ2v) is 4.91. The minimum atomic E-state index is -0.833. The van der Waals surface area contributed by atoms with E-state index in [2.05, 4.69) is 10.6 Å². The molecule has 0 saturated heterocycles. The number of hydrogen-bond donors (Lipinski definition) is 3. The Morgan fingerprint density at radius 2 is 2.17 bits per heavy atom. The van der Waals surface area contributed by atoms with Crippen LogP contribution in [0.15, 0.2) is 18.2 Å². The first-order valence-electron chi connectivity index (χ1n) is 5.83. The van der Waals surface area contributed by atoms with E-state index in [-0.39, 0.29) is 12.3 Å². The number of carbonyl (C=O) groups excluding carboxylic acids is 1. The number of rotatable bonds is 4. The Kier molecular flexibility index (Phi) is 2.98. The fraction of sp³-hybridized carbons (Fsp3) is 0.385. The minimum absolute atomic E-state index is 0.0137. The van der Waals surface area contributed by atoms with Crippen LogP contribution in [0.3, 0.4) is 0 Å². The molecule has 1 aromatic carbocycles. The van der Waals surface area contributed by atoms with E-state index in [1.54, 1.807) is 0 Å². The molecule has 0 unspecified atom stereocenters. The molecule has 0 atom stereocenters. The molecule has 18 heavy (non-hydrogen) atoms. The molecular weight excluding hydrogens is 232 g/mol. The third-order valence-corrected chi connectivity index (χ3v) is 3.18. The Bertz CT molecular complexity index is 509. The first-order valence-corrected chi connectivity index (χ1v) is 5.83. The lowest BCUT2D eigenvalue weighted by atomic mass is 9.86. The highest BCUT2D eigenvalue weighted by molar-refractivity contribution is 6.06. The molecule has 96 valence electrons. The SMILES string of the molecule is CC1(C)C(=O)Nc2ccc(NCCC(=O)O)cc21. The van der Waals surface area contributed by atoms with Crippen LogP contribution in [0, 0.1) is 0 Å². The number of benzene rings is 1. The highest BCUT2D eigenvalue weighted by atomic mass is 16.4. The van der Waals surface area contributed by atoms with Crippen LogP contribution < -0.4 is 10.6 Å². The van der Waals surface area contributed by atoms with Crippen molar-refractivity contribution in [1.29, 1.82) is 0 Å². The summed E-state index contributed by atoms with van der Waals surface area (Å²) >= 11 is 0. The zero-order valence-electron chi connectivity index (χ0n) is 10.4. The number of fused-ring (bicyclic) bond motifs is 1. The maximum absolute atomic E-state index is 11.8. The van der Waals surface area contributed by atoms with Crippen LogP contribution >= 0.6 is 0 Å². The van der Waals surface area contributed by atoms with Crippen molar-refractivity contribution in [2.24, 2.45) is 0 Å². The van der Waals surface area contributed by atoms with Crippen LogP contribution in [-0.2, 0) is 15.0 Å². The summed E-state index contributed by atoms with van der Waals surface area (Å²) in [6.45, 7) is 4.11. The molecule has 0 saturated carbocycles. The number of carbonyl (C=O) groups is 2. The lowest BCUT2D eigenvalue weighted by Crippen LogP contribution is -2.26. The van der Waals surface area contributed by atoms with Crippen LogP contribution in [0.5, 0.6) is 0 Å². The number of aliphatic carboxylic acids is 1. The van der Waals surface area contributed by atoms with Gasteiger partial charge in [-0.25, -0.2) is 0 Å². The second kappa shape index (κ2) is 4.33.